The number of benzene rings is 1. The lowest BCUT2D eigenvalue weighted by atomic mass is 9.79. The molecule has 1 aromatic heterocycles. The number of fused-ring (bicyclic) bond motifs is 1. The zero-order valence-electron chi connectivity index (χ0n) is 10.2. The SMILES string of the molecule is C[C@]1(CC(=O)c2ccsc2)COc2ccccc21. The zero-order valence-corrected chi connectivity index (χ0v) is 11.0. The molecule has 0 saturated carbocycles. The van der Waals surface area contributed by atoms with Gasteiger partial charge in [0.05, 0.1) is 6.61 Å². The van der Waals surface area contributed by atoms with E-state index < -0.39 is 0 Å². The minimum Gasteiger partial charge on any atom is -0.492 e. The molecule has 1 aromatic carbocycles. The summed E-state index contributed by atoms with van der Waals surface area (Å²) in [7, 11) is 0. The van der Waals surface area contributed by atoms with Crippen molar-refractivity contribution < 1.29 is 9.53 Å². The molecular weight excluding hydrogens is 244 g/mol. The van der Waals surface area contributed by atoms with Crippen molar-refractivity contribution in [1.82, 2.24) is 0 Å². The highest BCUT2D eigenvalue weighted by atomic mass is 32.1. The van der Waals surface area contributed by atoms with Crippen molar-refractivity contribution >= 4 is 17.1 Å². The first kappa shape index (κ1) is 11.5. The van der Waals surface area contributed by atoms with Crippen LogP contribution in [0.15, 0.2) is 41.1 Å². The predicted molar refractivity (Wildman–Crippen MR) is 72.6 cm³/mol. The van der Waals surface area contributed by atoms with Gasteiger partial charge in [0.1, 0.15) is 5.75 Å². The highest BCUT2D eigenvalue weighted by Crippen LogP contribution is 2.41. The first-order valence-corrected chi connectivity index (χ1v) is 6.91. The molecule has 0 unspecified atom stereocenters. The van der Waals surface area contributed by atoms with E-state index in [1.54, 1.807) is 11.3 Å². The largest absolute Gasteiger partial charge is 0.492 e. The number of carbonyl (C=O) groups excluding carboxylic acids is 1. The smallest absolute Gasteiger partial charge is 0.164 e. The highest BCUT2D eigenvalue weighted by molar-refractivity contribution is 7.08. The molecule has 0 N–H and O–H groups in total. The number of rotatable bonds is 3. The molecule has 0 aliphatic carbocycles. The minimum atomic E-state index is -0.199. The van der Waals surface area contributed by atoms with E-state index in [-0.39, 0.29) is 11.2 Å². The Kier molecular flexibility index (Phi) is 2.71. The summed E-state index contributed by atoms with van der Waals surface area (Å²) in [5, 5.41) is 3.85. The van der Waals surface area contributed by atoms with Crippen LogP contribution in [-0.4, -0.2) is 12.4 Å². The molecular formula is C15H14O2S. The Balaban J connectivity index is 1.87. The Bertz CT molecular complexity index is 574. The fourth-order valence-electron chi connectivity index (χ4n) is 2.43. The number of hydrogen-bond acceptors (Lipinski definition) is 3. The van der Waals surface area contributed by atoms with Crippen molar-refractivity contribution in [3.63, 3.8) is 0 Å². The molecule has 92 valence electrons. The van der Waals surface area contributed by atoms with Crippen LogP contribution in [0.25, 0.3) is 0 Å². The van der Waals surface area contributed by atoms with E-state index in [1.165, 1.54) is 0 Å². The van der Waals surface area contributed by atoms with Crippen LogP contribution in [0.4, 0.5) is 0 Å². The van der Waals surface area contributed by atoms with Gasteiger partial charge < -0.3 is 4.74 Å². The molecule has 0 fully saturated rings. The van der Waals surface area contributed by atoms with Gasteiger partial charge in [0.15, 0.2) is 5.78 Å². The molecule has 0 radical (unpaired) electrons. The van der Waals surface area contributed by atoms with Crippen molar-refractivity contribution in [2.75, 3.05) is 6.61 Å². The maximum absolute atomic E-state index is 12.2. The first-order valence-electron chi connectivity index (χ1n) is 5.97. The van der Waals surface area contributed by atoms with Gasteiger partial charge in [0, 0.05) is 28.3 Å². The molecule has 1 aliphatic heterocycles. The normalized spacial score (nSPS) is 21.4. The molecule has 0 saturated heterocycles. The van der Waals surface area contributed by atoms with Gasteiger partial charge in [-0.15, -0.1) is 0 Å². The van der Waals surface area contributed by atoms with E-state index >= 15 is 0 Å². The number of ether oxygens (including phenoxy) is 1. The van der Waals surface area contributed by atoms with Gasteiger partial charge in [-0.1, -0.05) is 25.1 Å². The Labute approximate surface area is 110 Å². The quantitative estimate of drug-likeness (QED) is 0.785. The first-order chi connectivity index (χ1) is 8.69. The summed E-state index contributed by atoms with van der Waals surface area (Å²) < 4.78 is 5.68. The number of Topliss-reactive ketones (excluding diaryl/α,β-unsaturated/α-hetero) is 1. The van der Waals surface area contributed by atoms with Crippen LogP contribution in [0, 0.1) is 0 Å². The van der Waals surface area contributed by atoms with Gasteiger partial charge in [0.2, 0.25) is 0 Å². The van der Waals surface area contributed by atoms with Crippen molar-refractivity contribution in [2.24, 2.45) is 0 Å². The number of thiophene rings is 1. The maximum Gasteiger partial charge on any atom is 0.164 e. The van der Waals surface area contributed by atoms with Gasteiger partial charge in [0.25, 0.3) is 0 Å². The predicted octanol–water partition coefficient (Wildman–Crippen LogP) is 3.67. The maximum atomic E-state index is 12.2. The molecule has 2 heterocycles. The molecule has 0 amide bonds. The fraction of sp³-hybridized carbons (Fsp3) is 0.267. The number of carbonyl (C=O) groups is 1. The Morgan fingerprint density at radius 1 is 1.39 bits per heavy atom. The summed E-state index contributed by atoms with van der Waals surface area (Å²) in [6.45, 7) is 2.69. The van der Waals surface area contributed by atoms with E-state index in [9.17, 15) is 4.79 Å². The number of ketones is 1. The monoisotopic (exact) mass is 258 g/mol. The molecule has 2 aromatic rings. The molecule has 2 nitrogen and oxygen atoms in total. The molecule has 1 aliphatic rings. The standard InChI is InChI=1S/C15H14O2S/c1-15(8-13(16)11-6-7-18-9-11)10-17-14-5-3-2-4-12(14)15/h2-7,9H,8,10H2,1H3/t15-/m0/s1. The molecule has 0 spiro atoms. The summed E-state index contributed by atoms with van der Waals surface area (Å²) in [6, 6.07) is 9.88. The lowest BCUT2D eigenvalue weighted by molar-refractivity contribution is 0.0944. The van der Waals surface area contributed by atoms with Crippen molar-refractivity contribution in [3.8, 4) is 5.75 Å². The minimum absolute atomic E-state index is 0.194. The molecule has 3 heteroatoms. The van der Waals surface area contributed by atoms with Crippen LogP contribution in [0.2, 0.25) is 0 Å². The van der Waals surface area contributed by atoms with E-state index in [2.05, 4.69) is 13.0 Å². The van der Waals surface area contributed by atoms with Crippen molar-refractivity contribution in [3.05, 3.63) is 52.2 Å². The van der Waals surface area contributed by atoms with Gasteiger partial charge in [-0.3, -0.25) is 4.79 Å². The van der Waals surface area contributed by atoms with E-state index in [0.29, 0.717) is 13.0 Å². The van der Waals surface area contributed by atoms with Crippen LogP contribution in [0.1, 0.15) is 29.3 Å². The highest BCUT2D eigenvalue weighted by Gasteiger charge is 2.38. The third-order valence-corrected chi connectivity index (χ3v) is 4.16. The van der Waals surface area contributed by atoms with Crippen LogP contribution < -0.4 is 4.74 Å². The average Bonchev–Trinajstić information content (AvgIpc) is 2.99. The van der Waals surface area contributed by atoms with Crippen LogP contribution in [0.5, 0.6) is 5.75 Å². The lowest BCUT2D eigenvalue weighted by Crippen LogP contribution is -2.27. The fourth-order valence-corrected chi connectivity index (χ4v) is 3.09. The van der Waals surface area contributed by atoms with E-state index in [0.717, 1.165) is 16.9 Å². The van der Waals surface area contributed by atoms with E-state index in [4.69, 9.17) is 4.74 Å². The van der Waals surface area contributed by atoms with Gasteiger partial charge in [-0.2, -0.15) is 11.3 Å². The van der Waals surface area contributed by atoms with Gasteiger partial charge >= 0.3 is 0 Å². The third-order valence-electron chi connectivity index (χ3n) is 3.48. The summed E-state index contributed by atoms with van der Waals surface area (Å²) in [5.41, 5.74) is 1.76. The van der Waals surface area contributed by atoms with Gasteiger partial charge in [-0.25, -0.2) is 0 Å². The van der Waals surface area contributed by atoms with Crippen LogP contribution >= 0.6 is 11.3 Å². The van der Waals surface area contributed by atoms with Crippen molar-refractivity contribution in [2.45, 2.75) is 18.8 Å². The van der Waals surface area contributed by atoms with Gasteiger partial charge in [-0.05, 0) is 17.5 Å². The van der Waals surface area contributed by atoms with E-state index in [1.807, 2.05) is 35.0 Å². The van der Waals surface area contributed by atoms with Crippen molar-refractivity contribution in [1.29, 1.82) is 0 Å². The summed E-state index contributed by atoms with van der Waals surface area (Å²) in [6.07, 6.45) is 0.501. The second kappa shape index (κ2) is 4.25. The third kappa shape index (κ3) is 1.85. The lowest BCUT2D eigenvalue weighted by Gasteiger charge is -2.21. The topological polar surface area (TPSA) is 26.3 Å². The average molecular weight is 258 g/mol. The van der Waals surface area contributed by atoms with Crippen LogP contribution in [-0.2, 0) is 5.41 Å². The summed E-state index contributed by atoms with van der Waals surface area (Å²) in [5.74, 6) is 1.11. The number of para-hydroxylation sites is 1. The second-order valence-electron chi connectivity index (χ2n) is 4.96. The van der Waals surface area contributed by atoms with Crippen LogP contribution in [0.3, 0.4) is 0 Å². The Morgan fingerprint density at radius 3 is 3.00 bits per heavy atom. The molecule has 3 rings (SSSR count). The number of hydrogen-bond donors (Lipinski definition) is 0. The zero-order chi connectivity index (χ0) is 12.6. The Hall–Kier alpha value is -1.61. The summed E-state index contributed by atoms with van der Waals surface area (Å²) >= 11 is 1.56. The summed E-state index contributed by atoms with van der Waals surface area (Å²) in [4.78, 5) is 12.2. The Morgan fingerprint density at radius 2 is 2.22 bits per heavy atom. The second-order valence-corrected chi connectivity index (χ2v) is 5.74. The molecule has 1 atom stereocenters. The molecule has 18 heavy (non-hydrogen) atoms. The molecule has 0 bridgehead atoms.